The van der Waals surface area contributed by atoms with Gasteiger partial charge in [0, 0.05) is 13.1 Å². The van der Waals surface area contributed by atoms with Gasteiger partial charge in [-0.2, -0.15) is 10.4 Å². The standard InChI is InChI=1S/C14H17FN6O/c15-10-2-1-3-12(21-6-4-9(22)5-7-21)13(10)20-19-11(8-16)14(17)18/h1-3,9,20,22H,4-7H2,(H3,17,18)/b19-11+. The van der Waals surface area contributed by atoms with Gasteiger partial charge >= 0.3 is 0 Å². The van der Waals surface area contributed by atoms with Crippen molar-refractivity contribution in [3.8, 4) is 6.07 Å². The number of nitrogens with one attached hydrogen (secondary N) is 2. The molecule has 1 fully saturated rings. The minimum atomic E-state index is -0.520. The lowest BCUT2D eigenvalue weighted by Gasteiger charge is -2.32. The van der Waals surface area contributed by atoms with Gasteiger partial charge in [0.15, 0.2) is 5.84 Å². The van der Waals surface area contributed by atoms with E-state index in [0.29, 0.717) is 31.6 Å². The van der Waals surface area contributed by atoms with Gasteiger partial charge in [0.05, 0.1) is 11.8 Å². The van der Waals surface area contributed by atoms with Crippen molar-refractivity contribution in [2.45, 2.75) is 18.9 Å². The van der Waals surface area contributed by atoms with Crippen LogP contribution in [0.5, 0.6) is 0 Å². The number of nitrogens with zero attached hydrogens (tertiary/aromatic N) is 3. The number of nitrogens with two attached hydrogens (primary N) is 1. The fourth-order valence-electron chi connectivity index (χ4n) is 2.25. The highest BCUT2D eigenvalue weighted by Gasteiger charge is 2.21. The van der Waals surface area contributed by atoms with E-state index in [9.17, 15) is 9.50 Å². The van der Waals surface area contributed by atoms with E-state index >= 15 is 0 Å². The second-order valence-corrected chi connectivity index (χ2v) is 4.95. The van der Waals surface area contributed by atoms with Crippen LogP contribution >= 0.6 is 0 Å². The first-order valence-electron chi connectivity index (χ1n) is 6.82. The minimum Gasteiger partial charge on any atom is -0.393 e. The molecule has 0 saturated carbocycles. The van der Waals surface area contributed by atoms with Crippen LogP contribution in [-0.4, -0.2) is 35.8 Å². The number of hydrazone groups is 1. The second kappa shape index (κ2) is 6.87. The smallest absolute Gasteiger partial charge is 0.201 e. The van der Waals surface area contributed by atoms with E-state index < -0.39 is 11.7 Å². The van der Waals surface area contributed by atoms with E-state index in [2.05, 4.69) is 10.5 Å². The van der Waals surface area contributed by atoms with Crippen LogP contribution in [0.15, 0.2) is 23.3 Å². The summed E-state index contributed by atoms with van der Waals surface area (Å²) >= 11 is 0. The van der Waals surface area contributed by atoms with Crippen molar-refractivity contribution in [2.24, 2.45) is 10.8 Å². The number of hydrogen-bond donors (Lipinski definition) is 4. The maximum absolute atomic E-state index is 14.1. The van der Waals surface area contributed by atoms with Gasteiger partial charge in [-0.25, -0.2) is 4.39 Å². The van der Waals surface area contributed by atoms with Gasteiger partial charge in [0.2, 0.25) is 5.71 Å². The first-order valence-corrected chi connectivity index (χ1v) is 6.82. The van der Waals surface area contributed by atoms with Crippen LogP contribution in [0.2, 0.25) is 0 Å². The highest BCUT2D eigenvalue weighted by molar-refractivity contribution is 6.45. The summed E-state index contributed by atoms with van der Waals surface area (Å²) in [6.45, 7) is 1.20. The Morgan fingerprint density at radius 2 is 2.18 bits per heavy atom. The number of aliphatic hydroxyl groups is 1. The monoisotopic (exact) mass is 304 g/mol. The van der Waals surface area contributed by atoms with Crippen molar-refractivity contribution in [1.82, 2.24) is 0 Å². The van der Waals surface area contributed by atoms with E-state index in [1.165, 1.54) is 6.07 Å². The SMILES string of the molecule is N#C/C(=N\Nc1c(F)cccc1N1CCC(O)CC1)C(=N)N. The van der Waals surface area contributed by atoms with Crippen LogP contribution in [0.3, 0.4) is 0 Å². The van der Waals surface area contributed by atoms with E-state index in [1.807, 2.05) is 4.90 Å². The number of piperidine rings is 1. The van der Waals surface area contributed by atoms with Crippen molar-refractivity contribution < 1.29 is 9.50 Å². The molecule has 0 aliphatic carbocycles. The molecule has 0 spiro atoms. The molecular weight excluding hydrogens is 287 g/mol. The fourth-order valence-corrected chi connectivity index (χ4v) is 2.25. The Kier molecular flexibility index (Phi) is 4.91. The summed E-state index contributed by atoms with van der Waals surface area (Å²) in [5.74, 6) is -1.01. The van der Waals surface area contributed by atoms with Crippen molar-refractivity contribution in [3.63, 3.8) is 0 Å². The van der Waals surface area contributed by atoms with Crippen molar-refractivity contribution in [3.05, 3.63) is 24.0 Å². The molecule has 1 aromatic rings. The summed E-state index contributed by atoms with van der Waals surface area (Å²) in [5, 5.41) is 29.3. The Balaban J connectivity index is 2.27. The molecule has 7 nitrogen and oxygen atoms in total. The number of anilines is 2. The summed E-state index contributed by atoms with van der Waals surface area (Å²) in [6, 6.07) is 6.26. The van der Waals surface area contributed by atoms with E-state index in [0.717, 1.165) is 0 Å². The highest BCUT2D eigenvalue weighted by Crippen LogP contribution is 2.30. The van der Waals surface area contributed by atoms with E-state index in [1.54, 1.807) is 18.2 Å². The number of nitriles is 1. The molecule has 1 heterocycles. The molecule has 0 radical (unpaired) electrons. The summed E-state index contributed by atoms with van der Waals surface area (Å²) in [4.78, 5) is 1.94. The summed E-state index contributed by atoms with van der Waals surface area (Å²) in [6.07, 6.45) is 0.883. The molecule has 0 unspecified atom stereocenters. The Labute approximate surface area is 127 Å². The number of para-hydroxylation sites is 1. The van der Waals surface area contributed by atoms with Gasteiger partial charge in [-0.1, -0.05) is 6.07 Å². The summed E-state index contributed by atoms with van der Waals surface area (Å²) < 4.78 is 14.1. The maximum Gasteiger partial charge on any atom is 0.201 e. The molecule has 2 rings (SSSR count). The number of benzene rings is 1. The number of rotatable bonds is 4. The van der Waals surface area contributed by atoms with Crippen LogP contribution in [0.4, 0.5) is 15.8 Å². The molecule has 0 atom stereocenters. The minimum absolute atomic E-state index is 0.118. The molecular formula is C14H17FN6O. The van der Waals surface area contributed by atoms with Crippen LogP contribution in [0, 0.1) is 22.6 Å². The highest BCUT2D eigenvalue weighted by atomic mass is 19.1. The topological polar surface area (TPSA) is 122 Å². The Hall–Kier alpha value is -2.66. The Bertz CT molecular complexity index is 631. The van der Waals surface area contributed by atoms with Crippen molar-refractivity contribution in [2.75, 3.05) is 23.4 Å². The molecule has 0 aromatic heterocycles. The molecule has 1 aliphatic rings. The third kappa shape index (κ3) is 3.51. The number of halogens is 1. The largest absolute Gasteiger partial charge is 0.393 e. The van der Waals surface area contributed by atoms with E-state index in [4.69, 9.17) is 16.4 Å². The lowest BCUT2D eigenvalue weighted by molar-refractivity contribution is 0.145. The fraction of sp³-hybridized carbons (Fsp3) is 0.357. The Morgan fingerprint density at radius 1 is 1.50 bits per heavy atom. The molecule has 0 bridgehead atoms. The predicted octanol–water partition coefficient (Wildman–Crippen LogP) is 1.01. The van der Waals surface area contributed by atoms with Gasteiger partial charge in [0.1, 0.15) is 17.6 Å². The van der Waals surface area contributed by atoms with E-state index in [-0.39, 0.29) is 17.5 Å². The van der Waals surface area contributed by atoms with Crippen molar-refractivity contribution in [1.29, 1.82) is 10.7 Å². The molecule has 1 saturated heterocycles. The molecule has 5 N–H and O–H groups in total. The van der Waals surface area contributed by atoms with Crippen LogP contribution < -0.4 is 16.1 Å². The zero-order valence-electron chi connectivity index (χ0n) is 11.9. The molecule has 22 heavy (non-hydrogen) atoms. The quantitative estimate of drug-likeness (QED) is 0.376. The first kappa shape index (κ1) is 15.7. The predicted molar refractivity (Wildman–Crippen MR) is 82.4 cm³/mol. The third-order valence-corrected chi connectivity index (χ3v) is 3.44. The van der Waals surface area contributed by atoms with Gasteiger partial charge in [-0.15, -0.1) is 0 Å². The first-order chi connectivity index (χ1) is 10.5. The number of aliphatic hydroxyl groups excluding tert-OH is 1. The summed E-state index contributed by atoms with van der Waals surface area (Å²) in [5.41, 5.74) is 8.09. The van der Waals surface area contributed by atoms with Gasteiger partial charge in [0.25, 0.3) is 0 Å². The maximum atomic E-state index is 14.1. The molecule has 0 amide bonds. The number of hydrogen-bond acceptors (Lipinski definition) is 6. The van der Waals surface area contributed by atoms with Gasteiger partial charge in [-0.05, 0) is 25.0 Å². The molecule has 1 aliphatic heterocycles. The third-order valence-electron chi connectivity index (χ3n) is 3.44. The van der Waals surface area contributed by atoms with Gasteiger partial charge in [-0.3, -0.25) is 10.8 Å². The normalized spacial score (nSPS) is 16.2. The van der Waals surface area contributed by atoms with Crippen LogP contribution in [0.25, 0.3) is 0 Å². The van der Waals surface area contributed by atoms with Crippen LogP contribution in [0.1, 0.15) is 12.8 Å². The zero-order valence-corrected chi connectivity index (χ0v) is 11.9. The summed E-state index contributed by atoms with van der Waals surface area (Å²) in [7, 11) is 0. The second-order valence-electron chi connectivity index (χ2n) is 4.95. The molecule has 1 aromatic carbocycles. The van der Waals surface area contributed by atoms with Crippen molar-refractivity contribution >= 4 is 22.9 Å². The Morgan fingerprint density at radius 3 is 2.77 bits per heavy atom. The molecule has 116 valence electrons. The average Bonchev–Trinajstić information content (AvgIpc) is 2.49. The van der Waals surface area contributed by atoms with Crippen LogP contribution in [-0.2, 0) is 0 Å². The van der Waals surface area contributed by atoms with Gasteiger partial charge < -0.3 is 15.7 Å². The zero-order chi connectivity index (χ0) is 16.1. The molecule has 8 heteroatoms. The lowest BCUT2D eigenvalue weighted by atomic mass is 10.1. The lowest BCUT2D eigenvalue weighted by Crippen LogP contribution is -2.36. The number of amidine groups is 1. The average molecular weight is 304 g/mol.